The third kappa shape index (κ3) is 1.31. The van der Waals surface area contributed by atoms with Crippen LogP contribution in [-0.2, 0) is 4.74 Å². The van der Waals surface area contributed by atoms with Gasteiger partial charge in [0.25, 0.3) is 0 Å². The SMILES string of the molecule is CC1OC1CC1CCC1(C)C. The third-order valence-electron chi connectivity index (χ3n) is 3.60. The van der Waals surface area contributed by atoms with Crippen LogP contribution < -0.4 is 0 Å². The zero-order valence-corrected chi connectivity index (χ0v) is 7.76. The summed E-state index contributed by atoms with van der Waals surface area (Å²) in [5.41, 5.74) is 0.617. The average molecular weight is 154 g/mol. The topological polar surface area (TPSA) is 12.5 Å². The quantitative estimate of drug-likeness (QED) is 0.557. The van der Waals surface area contributed by atoms with Crippen molar-refractivity contribution in [2.45, 2.75) is 52.2 Å². The van der Waals surface area contributed by atoms with Crippen molar-refractivity contribution in [3.63, 3.8) is 0 Å². The number of hydrogen-bond donors (Lipinski definition) is 0. The summed E-state index contributed by atoms with van der Waals surface area (Å²) in [5.74, 6) is 0.942. The molecular formula is C10H18O. The van der Waals surface area contributed by atoms with Crippen molar-refractivity contribution in [1.29, 1.82) is 0 Å². The minimum absolute atomic E-state index is 0.561. The van der Waals surface area contributed by atoms with Crippen molar-refractivity contribution < 1.29 is 4.74 Å². The molecule has 1 aliphatic heterocycles. The minimum atomic E-state index is 0.561. The predicted octanol–water partition coefficient (Wildman–Crippen LogP) is 2.60. The molecule has 1 aliphatic carbocycles. The number of rotatable bonds is 2. The van der Waals surface area contributed by atoms with Gasteiger partial charge in [-0.1, -0.05) is 13.8 Å². The standard InChI is InChI=1S/C10H18O/c1-7-9(11-7)6-8-4-5-10(8,2)3/h7-9H,4-6H2,1-3H3. The average Bonchev–Trinajstić information content (AvgIpc) is 2.60. The maximum atomic E-state index is 5.42. The lowest BCUT2D eigenvalue weighted by Crippen LogP contribution is -2.35. The largest absolute Gasteiger partial charge is 0.370 e. The van der Waals surface area contributed by atoms with Crippen molar-refractivity contribution in [1.82, 2.24) is 0 Å². The fourth-order valence-electron chi connectivity index (χ4n) is 2.12. The molecule has 2 aliphatic rings. The van der Waals surface area contributed by atoms with E-state index in [1.807, 2.05) is 0 Å². The summed E-state index contributed by atoms with van der Waals surface area (Å²) < 4.78 is 5.42. The number of ether oxygens (including phenoxy) is 1. The monoisotopic (exact) mass is 154 g/mol. The molecule has 0 radical (unpaired) electrons. The minimum Gasteiger partial charge on any atom is -0.370 e. The molecule has 1 heterocycles. The van der Waals surface area contributed by atoms with Crippen molar-refractivity contribution in [2.24, 2.45) is 11.3 Å². The first-order chi connectivity index (χ1) is 5.09. The lowest BCUT2D eigenvalue weighted by atomic mass is 9.61. The maximum Gasteiger partial charge on any atom is 0.0841 e. The molecule has 2 rings (SSSR count). The molecule has 1 nitrogen and oxygen atoms in total. The molecule has 0 aromatic heterocycles. The molecule has 0 aromatic carbocycles. The van der Waals surface area contributed by atoms with E-state index < -0.39 is 0 Å². The van der Waals surface area contributed by atoms with E-state index in [-0.39, 0.29) is 0 Å². The molecule has 0 amide bonds. The van der Waals surface area contributed by atoms with Gasteiger partial charge in [-0.25, -0.2) is 0 Å². The molecule has 1 saturated heterocycles. The van der Waals surface area contributed by atoms with Crippen molar-refractivity contribution in [3.8, 4) is 0 Å². The summed E-state index contributed by atoms with van der Waals surface area (Å²) in [5, 5.41) is 0. The summed E-state index contributed by atoms with van der Waals surface area (Å²) >= 11 is 0. The zero-order chi connectivity index (χ0) is 8.06. The molecule has 2 fully saturated rings. The van der Waals surface area contributed by atoms with Gasteiger partial charge < -0.3 is 4.74 Å². The summed E-state index contributed by atoms with van der Waals surface area (Å²) in [7, 11) is 0. The highest BCUT2D eigenvalue weighted by molar-refractivity contribution is 4.94. The summed E-state index contributed by atoms with van der Waals surface area (Å²) in [6.45, 7) is 6.94. The molecule has 3 unspecified atom stereocenters. The van der Waals surface area contributed by atoms with Gasteiger partial charge in [-0.05, 0) is 37.5 Å². The van der Waals surface area contributed by atoms with E-state index in [4.69, 9.17) is 4.74 Å². The zero-order valence-electron chi connectivity index (χ0n) is 7.76. The summed E-state index contributed by atoms with van der Waals surface area (Å²) in [6, 6.07) is 0. The second kappa shape index (κ2) is 2.22. The van der Waals surface area contributed by atoms with Gasteiger partial charge in [0.05, 0.1) is 12.2 Å². The molecule has 0 aromatic rings. The van der Waals surface area contributed by atoms with Crippen LogP contribution in [0, 0.1) is 11.3 Å². The van der Waals surface area contributed by atoms with Gasteiger partial charge in [-0.3, -0.25) is 0 Å². The predicted molar refractivity (Wildman–Crippen MR) is 45.5 cm³/mol. The van der Waals surface area contributed by atoms with Gasteiger partial charge in [0.15, 0.2) is 0 Å². The van der Waals surface area contributed by atoms with E-state index in [0.29, 0.717) is 17.6 Å². The van der Waals surface area contributed by atoms with Gasteiger partial charge in [-0.15, -0.1) is 0 Å². The van der Waals surface area contributed by atoms with Gasteiger partial charge in [0.1, 0.15) is 0 Å². The van der Waals surface area contributed by atoms with Gasteiger partial charge in [-0.2, -0.15) is 0 Å². The highest BCUT2D eigenvalue weighted by Gasteiger charge is 2.44. The number of epoxide rings is 1. The highest BCUT2D eigenvalue weighted by atomic mass is 16.6. The molecule has 64 valence electrons. The Labute approximate surface area is 69.1 Å². The first-order valence-electron chi connectivity index (χ1n) is 4.75. The van der Waals surface area contributed by atoms with Crippen molar-refractivity contribution >= 4 is 0 Å². The maximum absolute atomic E-state index is 5.42. The van der Waals surface area contributed by atoms with Crippen LogP contribution in [0.5, 0.6) is 0 Å². The first-order valence-corrected chi connectivity index (χ1v) is 4.75. The lowest BCUT2D eigenvalue weighted by Gasteiger charge is -2.44. The first kappa shape index (κ1) is 7.60. The van der Waals surface area contributed by atoms with Gasteiger partial charge in [0.2, 0.25) is 0 Å². The van der Waals surface area contributed by atoms with E-state index in [2.05, 4.69) is 20.8 Å². The number of hydrogen-bond acceptors (Lipinski definition) is 1. The Morgan fingerprint density at radius 2 is 2.09 bits per heavy atom. The molecule has 0 spiro atoms. The molecule has 0 N–H and O–H groups in total. The Kier molecular flexibility index (Phi) is 1.54. The fourth-order valence-corrected chi connectivity index (χ4v) is 2.12. The van der Waals surface area contributed by atoms with E-state index in [1.54, 1.807) is 0 Å². The Balaban J connectivity index is 1.79. The second-order valence-corrected chi connectivity index (χ2v) is 4.84. The van der Waals surface area contributed by atoms with Crippen LogP contribution in [0.3, 0.4) is 0 Å². The van der Waals surface area contributed by atoms with E-state index >= 15 is 0 Å². The van der Waals surface area contributed by atoms with E-state index in [0.717, 1.165) is 5.92 Å². The van der Waals surface area contributed by atoms with Crippen LogP contribution in [0.2, 0.25) is 0 Å². The van der Waals surface area contributed by atoms with Crippen LogP contribution in [0.4, 0.5) is 0 Å². The normalized spacial score (nSPS) is 46.6. The van der Waals surface area contributed by atoms with E-state index in [1.165, 1.54) is 19.3 Å². The smallest absolute Gasteiger partial charge is 0.0841 e. The Morgan fingerprint density at radius 1 is 1.45 bits per heavy atom. The third-order valence-corrected chi connectivity index (χ3v) is 3.60. The second-order valence-electron chi connectivity index (χ2n) is 4.84. The van der Waals surface area contributed by atoms with Crippen molar-refractivity contribution in [3.05, 3.63) is 0 Å². The summed E-state index contributed by atoms with van der Waals surface area (Å²) in [4.78, 5) is 0. The van der Waals surface area contributed by atoms with Crippen LogP contribution in [0.1, 0.15) is 40.0 Å². The Bertz CT molecular complexity index is 162. The van der Waals surface area contributed by atoms with Crippen molar-refractivity contribution in [2.75, 3.05) is 0 Å². The van der Waals surface area contributed by atoms with Crippen LogP contribution in [0.25, 0.3) is 0 Å². The fraction of sp³-hybridized carbons (Fsp3) is 1.00. The molecule has 0 bridgehead atoms. The molecule has 1 heteroatoms. The van der Waals surface area contributed by atoms with Gasteiger partial charge >= 0.3 is 0 Å². The lowest BCUT2D eigenvalue weighted by molar-refractivity contribution is 0.0576. The Hall–Kier alpha value is -0.0400. The molecule has 11 heavy (non-hydrogen) atoms. The molecular weight excluding hydrogens is 136 g/mol. The summed E-state index contributed by atoms with van der Waals surface area (Å²) in [6.07, 6.45) is 5.33. The van der Waals surface area contributed by atoms with Crippen LogP contribution in [0.15, 0.2) is 0 Å². The van der Waals surface area contributed by atoms with Crippen LogP contribution in [-0.4, -0.2) is 12.2 Å². The van der Waals surface area contributed by atoms with Gasteiger partial charge in [0, 0.05) is 0 Å². The molecule has 3 atom stereocenters. The highest BCUT2D eigenvalue weighted by Crippen LogP contribution is 2.50. The van der Waals surface area contributed by atoms with Crippen LogP contribution >= 0.6 is 0 Å². The molecule has 1 saturated carbocycles. The Morgan fingerprint density at radius 3 is 2.36 bits per heavy atom. The van der Waals surface area contributed by atoms with E-state index in [9.17, 15) is 0 Å².